The van der Waals surface area contributed by atoms with Gasteiger partial charge in [0, 0.05) is 32.6 Å². The van der Waals surface area contributed by atoms with E-state index in [-0.39, 0.29) is 10.8 Å². The number of benzene rings is 1. The summed E-state index contributed by atoms with van der Waals surface area (Å²) in [5, 5.41) is 10.9. The van der Waals surface area contributed by atoms with E-state index >= 15 is 0 Å². The third-order valence-electron chi connectivity index (χ3n) is 4.66. The first-order valence-corrected chi connectivity index (χ1v) is 10.7. The smallest absolute Gasteiger partial charge is 0.243 e. The lowest BCUT2D eigenvalue weighted by molar-refractivity contribution is -0.121. The van der Waals surface area contributed by atoms with E-state index < -0.39 is 10.0 Å². The molecule has 2 heterocycles. The van der Waals surface area contributed by atoms with Gasteiger partial charge >= 0.3 is 0 Å². The Labute approximate surface area is 159 Å². The van der Waals surface area contributed by atoms with Crippen molar-refractivity contribution in [3.8, 4) is 0 Å². The first-order valence-electron chi connectivity index (χ1n) is 9.23. The summed E-state index contributed by atoms with van der Waals surface area (Å²) in [5.74, 6) is -0.0331. The first kappa shape index (κ1) is 19.5. The molecular weight excluding hydrogens is 366 g/mol. The molecule has 146 valence electrons. The Balaban J connectivity index is 1.69. The molecule has 0 bridgehead atoms. The van der Waals surface area contributed by atoms with Gasteiger partial charge in [0.2, 0.25) is 15.9 Å². The highest BCUT2D eigenvalue weighted by atomic mass is 32.2. The van der Waals surface area contributed by atoms with E-state index in [9.17, 15) is 13.2 Å². The van der Waals surface area contributed by atoms with E-state index in [0.29, 0.717) is 44.5 Å². The number of amides is 1. The van der Waals surface area contributed by atoms with Gasteiger partial charge in [-0.15, -0.1) is 11.7 Å². The van der Waals surface area contributed by atoms with E-state index in [1.54, 1.807) is 33.3 Å². The molecule has 0 spiro atoms. The molecular formula is C18H25N5O3S. The van der Waals surface area contributed by atoms with Crippen molar-refractivity contribution in [1.29, 1.82) is 0 Å². The van der Waals surface area contributed by atoms with Crippen LogP contribution >= 0.6 is 0 Å². The van der Waals surface area contributed by atoms with E-state index in [2.05, 4.69) is 22.2 Å². The summed E-state index contributed by atoms with van der Waals surface area (Å²) >= 11 is 0. The van der Waals surface area contributed by atoms with Crippen molar-refractivity contribution in [2.45, 2.75) is 43.5 Å². The molecule has 2 aromatic rings. The van der Waals surface area contributed by atoms with E-state index in [4.69, 9.17) is 0 Å². The van der Waals surface area contributed by atoms with Gasteiger partial charge in [0.15, 0.2) is 0 Å². The number of fused-ring (bicyclic) bond motifs is 1. The Hall–Kier alpha value is -2.26. The van der Waals surface area contributed by atoms with Crippen LogP contribution in [0.5, 0.6) is 0 Å². The minimum atomic E-state index is -3.49. The molecule has 1 N–H and O–H groups in total. The SMILES string of the molecule is C=CCNC(=O)CCCn1nnc2cc(S(=O)(=O)N3CCCCC3)ccc21. The average Bonchev–Trinajstić information content (AvgIpc) is 3.09. The van der Waals surface area contributed by atoms with Gasteiger partial charge in [-0.25, -0.2) is 13.1 Å². The van der Waals surface area contributed by atoms with Crippen LogP contribution in [0.1, 0.15) is 32.1 Å². The molecule has 1 amide bonds. The second-order valence-corrected chi connectivity index (χ2v) is 8.56. The number of hydrogen-bond donors (Lipinski definition) is 1. The van der Waals surface area contributed by atoms with Crippen LogP contribution in [0.15, 0.2) is 35.7 Å². The highest BCUT2D eigenvalue weighted by molar-refractivity contribution is 7.89. The predicted molar refractivity (Wildman–Crippen MR) is 103 cm³/mol. The van der Waals surface area contributed by atoms with Crippen molar-refractivity contribution < 1.29 is 13.2 Å². The van der Waals surface area contributed by atoms with Gasteiger partial charge < -0.3 is 5.32 Å². The minimum absolute atomic E-state index is 0.0331. The Morgan fingerprint density at radius 3 is 2.78 bits per heavy atom. The number of carbonyl (C=O) groups excluding carboxylic acids is 1. The van der Waals surface area contributed by atoms with Gasteiger partial charge in [0.25, 0.3) is 0 Å². The van der Waals surface area contributed by atoms with Crippen LogP contribution in [0.3, 0.4) is 0 Å². The maximum atomic E-state index is 12.8. The molecule has 0 unspecified atom stereocenters. The third kappa shape index (κ3) is 4.54. The fourth-order valence-corrected chi connectivity index (χ4v) is 4.73. The van der Waals surface area contributed by atoms with E-state index in [1.165, 1.54) is 0 Å². The Bertz CT molecular complexity index is 916. The fourth-order valence-electron chi connectivity index (χ4n) is 3.20. The van der Waals surface area contributed by atoms with Crippen LogP contribution in [0.2, 0.25) is 0 Å². The molecule has 1 fully saturated rings. The average molecular weight is 391 g/mol. The number of rotatable bonds is 8. The molecule has 0 atom stereocenters. The van der Waals surface area contributed by atoms with Crippen molar-refractivity contribution in [3.63, 3.8) is 0 Å². The number of nitrogens with zero attached hydrogens (tertiary/aromatic N) is 4. The van der Waals surface area contributed by atoms with Crippen LogP contribution in [0.25, 0.3) is 11.0 Å². The number of hydrogen-bond acceptors (Lipinski definition) is 5. The highest BCUT2D eigenvalue weighted by Gasteiger charge is 2.26. The van der Waals surface area contributed by atoms with Crippen LogP contribution in [-0.2, 0) is 21.4 Å². The molecule has 1 saturated heterocycles. The predicted octanol–water partition coefficient (Wildman–Crippen LogP) is 1.69. The van der Waals surface area contributed by atoms with Crippen LogP contribution in [0.4, 0.5) is 0 Å². The Kier molecular flexibility index (Phi) is 6.22. The van der Waals surface area contributed by atoms with Gasteiger partial charge in [-0.1, -0.05) is 17.7 Å². The summed E-state index contributed by atoms with van der Waals surface area (Å²) in [6, 6.07) is 4.94. The van der Waals surface area contributed by atoms with Crippen LogP contribution < -0.4 is 5.32 Å². The Morgan fingerprint density at radius 2 is 2.04 bits per heavy atom. The largest absolute Gasteiger partial charge is 0.353 e. The number of aromatic nitrogens is 3. The molecule has 8 nitrogen and oxygen atoms in total. The van der Waals surface area contributed by atoms with Gasteiger partial charge in [-0.3, -0.25) is 4.79 Å². The summed E-state index contributed by atoms with van der Waals surface area (Å²) in [6.07, 6.45) is 5.52. The maximum Gasteiger partial charge on any atom is 0.243 e. The Morgan fingerprint density at radius 1 is 1.26 bits per heavy atom. The maximum absolute atomic E-state index is 12.8. The van der Waals surface area contributed by atoms with Crippen LogP contribution in [0, 0.1) is 0 Å². The zero-order valence-electron chi connectivity index (χ0n) is 15.3. The summed E-state index contributed by atoms with van der Waals surface area (Å²) < 4.78 is 28.8. The monoisotopic (exact) mass is 391 g/mol. The van der Waals surface area contributed by atoms with Gasteiger partial charge in [0.1, 0.15) is 5.52 Å². The molecule has 9 heteroatoms. The molecule has 1 aromatic carbocycles. The molecule has 3 rings (SSSR count). The summed E-state index contributed by atoms with van der Waals surface area (Å²) in [5.41, 5.74) is 1.31. The zero-order chi connectivity index (χ0) is 19.3. The number of piperidine rings is 1. The topological polar surface area (TPSA) is 97.2 Å². The summed E-state index contributed by atoms with van der Waals surface area (Å²) in [6.45, 7) is 5.70. The van der Waals surface area contributed by atoms with Crippen molar-refractivity contribution in [1.82, 2.24) is 24.6 Å². The van der Waals surface area contributed by atoms with Gasteiger partial charge in [-0.05, 0) is 37.5 Å². The fraction of sp³-hybridized carbons (Fsp3) is 0.500. The standard InChI is InChI=1S/C18H25N5O3S/c1-2-10-19-18(24)7-6-13-23-17-9-8-15(14-16(17)20-21-23)27(25,26)22-11-4-3-5-12-22/h2,8-9,14H,1,3-7,10-13H2,(H,19,24). The molecule has 0 saturated carbocycles. The zero-order valence-corrected chi connectivity index (χ0v) is 16.1. The lowest BCUT2D eigenvalue weighted by atomic mass is 10.2. The third-order valence-corrected chi connectivity index (χ3v) is 6.55. The first-order chi connectivity index (χ1) is 13.0. The molecule has 1 aliphatic rings. The summed E-state index contributed by atoms with van der Waals surface area (Å²) in [4.78, 5) is 11.9. The van der Waals surface area contributed by atoms with Crippen molar-refractivity contribution >= 4 is 27.0 Å². The highest BCUT2D eigenvalue weighted by Crippen LogP contribution is 2.23. The van der Waals surface area contributed by atoms with Gasteiger partial charge in [-0.2, -0.15) is 4.31 Å². The van der Waals surface area contributed by atoms with Crippen molar-refractivity contribution in [2.75, 3.05) is 19.6 Å². The molecule has 0 radical (unpaired) electrons. The number of carbonyl (C=O) groups is 1. The number of nitrogens with one attached hydrogen (secondary N) is 1. The minimum Gasteiger partial charge on any atom is -0.353 e. The lowest BCUT2D eigenvalue weighted by Gasteiger charge is -2.25. The van der Waals surface area contributed by atoms with Crippen LogP contribution in [-0.4, -0.2) is 53.3 Å². The van der Waals surface area contributed by atoms with Crippen molar-refractivity contribution in [2.24, 2.45) is 0 Å². The number of sulfonamides is 1. The van der Waals surface area contributed by atoms with Gasteiger partial charge in [0.05, 0.1) is 10.4 Å². The van der Waals surface area contributed by atoms with Crippen molar-refractivity contribution in [3.05, 3.63) is 30.9 Å². The van der Waals surface area contributed by atoms with E-state index in [1.807, 2.05) is 0 Å². The molecule has 27 heavy (non-hydrogen) atoms. The quantitative estimate of drug-likeness (QED) is 0.691. The molecule has 1 aromatic heterocycles. The lowest BCUT2D eigenvalue weighted by Crippen LogP contribution is -2.35. The molecule has 0 aliphatic carbocycles. The normalized spacial score (nSPS) is 15.7. The number of aryl methyl sites for hydroxylation is 1. The summed E-state index contributed by atoms with van der Waals surface area (Å²) in [7, 11) is -3.49. The molecule has 1 aliphatic heterocycles. The van der Waals surface area contributed by atoms with E-state index in [0.717, 1.165) is 24.8 Å². The second kappa shape index (κ2) is 8.62. The second-order valence-electron chi connectivity index (χ2n) is 6.62.